The van der Waals surface area contributed by atoms with Crippen LogP contribution in [-0.2, 0) is 14.3 Å². The van der Waals surface area contributed by atoms with Gasteiger partial charge in [0, 0.05) is 5.57 Å². The number of rotatable bonds is 7. The molecular formula is C10H18O4. The minimum Gasteiger partial charge on any atom is -0.460 e. The second-order valence-corrected chi connectivity index (χ2v) is 2.77. The monoisotopic (exact) mass is 202 g/mol. The smallest absolute Gasteiger partial charge is 0.333 e. The van der Waals surface area contributed by atoms with Crippen LogP contribution in [0.1, 0.15) is 20.3 Å². The Morgan fingerprint density at radius 2 is 2.07 bits per heavy atom. The molecule has 0 aliphatic rings. The highest BCUT2D eigenvalue weighted by atomic mass is 16.6. The van der Waals surface area contributed by atoms with E-state index in [1.54, 1.807) is 6.92 Å². The quantitative estimate of drug-likeness (QED) is 0.378. The Morgan fingerprint density at radius 3 is 2.64 bits per heavy atom. The molecule has 0 spiro atoms. The van der Waals surface area contributed by atoms with Crippen molar-refractivity contribution < 1.29 is 19.4 Å². The van der Waals surface area contributed by atoms with Gasteiger partial charge in [-0.3, -0.25) is 0 Å². The van der Waals surface area contributed by atoms with Crippen LogP contribution in [0.2, 0.25) is 0 Å². The number of hydrogen-bond acceptors (Lipinski definition) is 4. The van der Waals surface area contributed by atoms with Crippen molar-refractivity contribution in [3.05, 3.63) is 11.6 Å². The van der Waals surface area contributed by atoms with Gasteiger partial charge in [-0.1, -0.05) is 13.0 Å². The molecule has 0 rings (SSSR count). The number of carbonyl (C=O) groups is 1. The zero-order valence-corrected chi connectivity index (χ0v) is 8.78. The van der Waals surface area contributed by atoms with E-state index in [4.69, 9.17) is 14.6 Å². The minimum absolute atomic E-state index is 0.0112. The van der Waals surface area contributed by atoms with Gasteiger partial charge in [0.05, 0.1) is 19.8 Å². The molecule has 0 saturated heterocycles. The Hall–Kier alpha value is -0.870. The highest BCUT2D eigenvalue weighted by Gasteiger charge is 2.03. The first kappa shape index (κ1) is 13.1. The van der Waals surface area contributed by atoms with E-state index in [9.17, 15) is 4.79 Å². The number of carbonyl (C=O) groups excluding carboxylic acids is 1. The van der Waals surface area contributed by atoms with Crippen molar-refractivity contribution in [3.8, 4) is 0 Å². The molecular weight excluding hydrogens is 184 g/mol. The molecule has 0 atom stereocenters. The summed E-state index contributed by atoms with van der Waals surface area (Å²) < 4.78 is 9.82. The summed E-state index contributed by atoms with van der Waals surface area (Å²) in [6.45, 7) is 4.50. The Labute approximate surface area is 84.5 Å². The van der Waals surface area contributed by atoms with Crippen LogP contribution >= 0.6 is 0 Å². The first-order chi connectivity index (χ1) is 6.72. The second-order valence-electron chi connectivity index (χ2n) is 2.77. The summed E-state index contributed by atoms with van der Waals surface area (Å²) in [7, 11) is 0. The fraction of sp³-hybridized carbons (Fsp3) is 0.700. The van der Waals surface area contributed by atoms with Gasteiger partial charge in [-0.15, -0.1) is 0 Å². The van der Waals surface area contributed by atoms with Gasteiger partial charge in [0.15, 0.2) is 0 Å². The maximum Gasteiger partial charge on any atom is 0.333 e. The van der Waals surface area contributed by atoms with Crippen LogP contribution in [-0.4, -0.2) is 37.5 Å². The van der Waals surface area contributed by atoms with Crippen LogP contribution in [0.5, 0.6) is 0 Å². The summed E-state index contributed by atoms with van der Waals surface area (Å²) in [6.07, 6.45) is 2.64. The zero-order chi connectivity index (χ0) is 10.8. The van der Waals surface area contributed by atoms with Gasteiger partial charge in [-0.25, -0.2) is 4.79 Å². The molecule has 14 heavy (non-hydrogen) atoms. The molecule has 0 aromatic rings. The number of aliphatic hydroxyl groups is 1. The van der Waals surface area contributed by atoms with Gasteiger partial charge in [0.25, 0.3) is 0 Å². The zero-order valence-electron chi connectivity index (χ0n) is 8.78. The van der Waals surface area contributed by atoms with E-state index in [2.05, 4.69) is 0 Å². The first-order valence-corrected chi connectivity index (χ1v) is 4.74. The molecule has 0 amide bonds. The fourth-order valence-corrected chi connectivity index (χ4v) is 0.863. The van der Waals surface area contributed by atoms with Gasteiger partial charge < -0.3 is 14.6 Å². The topological polar surface area (TPSA) is 55.8 Å². The number of hydrogen-bond donors (Lipinski definition) is 1. The van der Waals surface area contributed by atoms with Crippen molar-refractivity contribution in [1.82, 2.24) is 0 Å². The van der Waals surface area contributed by atoms with Crippen molar-refractivity contribution >= 4 is 5.97 Å². The summed E-state index contributed by atoms with van der Waals surface area (Å²) in [5.41, 5.74) is 0.620. The van der Waals surface area contributed by atoms with E-state index in [0.717, 1.165) is 6.42 Å². The van der Waals surface area contributed by atoms with Gasteiger partial charge in [-0.05, 0) is 13.3 Å². The summed E-state index contributed by atoms with van der Waals surface area (Å²) in [6, 6.07) is 0. The molecule has 1 N–H and O–H groups in total. The third-order valence-corrected chi connectivity index (χ3v) is 1.53. The van der Waals surface area contributed by atoms with Gasteiger partial charge in [0.1, 0.15) is 6.61 Å². The maximum atomic E-state index is 11.2. The molecule has 4 heteroatoms. The molecule has 0 radical (unpaired) electrons. The van der Waals surface area contributed by atoms with Crippen LogP contribution in [0.4, 0.5) is 0 Å². The van der Waals surface area contributed by atoms with E-state index < -0.39 is 0 Å². The lowest BCUT2D eigenvalue weighted by Gasteiger charge is -2.04. The first-order valence-electron chi connectivity index (χ1n) is 4.74. The molecule has 82 valence electrons. The summed E-state index contributed by atoms with van der Waals surface area (Å²) in [5, 5.41) is 8.39. The third kappa shape index (κ3) is 6.62. The van der Waals surface area contributed by atoms with Crippen LogP contribution in [0.25, 0.3) is 0 Å². The number of aliphatic hydroxyl groups excluding tert-OH is 1. The summed E-state index contributed by atoms with van der Waals surface area (Å²) >= 11 is 0. The molecule has 0 aromatic heterocycles. The molecule has 0 aliphatic carbocycles. The number of ether oxygens (including phenoxy) is 2. The molecule has 0 fully saturated rings. The third-order valence-electron chi connectivity index (χ3n) is 1.53. The van der Waals surface area contributed by atoms with Crippen LogP contribution in [0.15, 0.2) is 11.6 Å². The predicted octanol–water partition coefficient (Wildman–Crippen LogP) is 0.895. The molecule has 0 aliphatic heterocycles. The van der Waals surface area contributed by atoms with E-state index in [0.29, 0.717) is 12.2 Å². The number of esters is 1. The van der Waals surface area contributed by atoms with Crippen LogP contribution < -0.4 is 0 Å². The predicted molar refractivity (Wildman–Crippen MR) is 52.9 cm³/mol. The highest BCUT2D eigenvalue weighted by Crippen LogP contribution is 1.98. The molecule has 4 nitrogen and oxygen atoms in total. The Morgan fingerprint density at radius 1 is 1.36 bits per heavy atom. The second kappa shape index (κ2) is 8.72. The molecule has 0 saturated carbocycles. The van der Waals surface area contributed by atoms with Crippen molar-refractivity contribution in [1.29, 1.82) is 0 Å². The SMILES string of the molecule is CCC=C(C)C(=O)OCCOCCO. The lowest BCUT2D eigenvalue weighted by atomic mass is 10.2. The molecule has 0 unspecified atom stereocenters. The van der Waals surface area contributed by atoms with Crippen molar-refractivity contribution in [2.45, 2.75) is 20.3 Å². The Kier molecular flexibility index (Phi) is 8.17. The molecule has 0 heterocycles. The summed E-state index contributed by atoms with van der Waals surface area (Å²) in [5.74, 6) is -0.306. The standard InChI is InChI=1S/C10H18O4/c1-3-4-9(2)10(12)14-8-7-13-6-5-11/h4,11H,3,5-8H2,1-2H3. The molecule has 0 aromatic carbocycles. The van der Waals surface area contributed by atoms with E-state index in [-0.39, 0.29) is 25.8 Å². The Bertz CT molecular complexity index is 187. The summed E-state index contributed by atoms with van der Waals surface area (Å²) in [4.78, 5) is 11.2. The maximum absolute atomic E-state index is 11.2. The van der Waals surface area contributed by atoms with Gasteiger partial charge in [0.2, 0.25) is 0 Å². The van der Waals surface area contributed by atoms with Gasteiger partial charge >= 0.3 is 5.97 Å². The lowest BCUT2D eigenvalue weighted by molar-refractivity contribution is -0.140. The number of allylic oxidation sites excluding steroid dienone is 1. The fourth-order valence-electron chi connectivity index (χ4n) is 0.863. The van der Waals surface area contributed by atoms with Crippen molar-refractivity contribution in [3.63, 3.8) is 0 Å². The van der Waals surface area contributed by atoms with E-state index >= 15 is 0 Å². The largest absolute Gasteiger partial charge is 0.460 e. The average Bonchev–Trinajstić information content (AvgIpc) is 2.17. The normalized spacial score (nSPS) is 11.5. The van der Waals surface area contributed by atoms with Crippen molar-refractivity contribution in [2.24, 2.45) is 0 Å². The van der Waals surface area contributed by atoms with Crippen molar-refractivity contribution in [2.75, 3.05) is 26.4 Å². The van der Waals surface area contributed by atoms with Gasteiger partial charge in [-0.2, -0.15) is 0 Å². The highest BCUT2D eigenvalue weighted by molar-refractivity contribution is 5.87. The lowest BCUT2D eigenvalue weighted by Crippen LogP contribution is -2.12. The molecule has 0 bridgehead atoms. The van der Waals surface area contributed by atoms with Crippen LogP contribution in [0, 0.1) is 0 Å². The minimum atomic E-state index is -0.306. The van der Waals surface area contributed by atoms with E-state index in [1.807, 2.05) is 13.0 Å². The Balaban J connectivity index is 3.49. The van der Waals surface area contributed by atoms with E-state index in [1.165, 1.54) is 0 Å². The average molecular weight is 202 g/mol. The van der Waals surface area contributed by atoms with Crippen LogP contribution in [0.3, 0.4) is 0 Å².